The van der Waals surface area contributed by atoms with E-state index in [-0.39, 0.29) is 5.91 Å². The summed E-state index contributed by atoms with van der Waals surface area (Å²) in [4.78, 5) is 18.8. The molecule has 0 aliphatic heterocycles. The molecule has 0 radical (unpaired) electrons. The van der Waals surface area contributed by atoms with Crippen LogP contribution in [0.3, 0.4) is 0 Å². The summed E-state index contributed by atoms with van der Waals surface area (Å²) in [6.45, 7) is 3.66. The Bertz CT molecular complexity index is 481. The van der Waals surface area contributed by atoms with E-state index in [0.29, 0.717) is 22.4 Å². The van der Waals surface area contributed by atoms with Crippen molar-refractivity contribution in [1.29, 1.82) is 0 Å². The number of halogens is 1. The van der Waals surface area contributed by atoms with Crippen LogP contribution in [-0.4, -0.2) is 28.9 Å². The Balaban J connectivity index is 1.76. The Hall–Kier alpha value is -1.09. The Morgan fingerprint density at radius 1 is 1.32 bits per heavy atom. The standard InChI is InChI=1S/C15H19ClN2O/c1-10-6-14(16)13(7-17-10)15(19)18(8-11-2-3-11)9-12-4-5-12/h6-7,11-12H,2-5,8-9H2,1H3. The second kappa shape index (κ2) is 5.12. The Morgan fingerprint density at radius 3 is 2.37 bits per heavy atom. The molecule has 0 N–H and O–H groups in total. The van der Waals surface area contributed by atoms with Gasteiger partial charge in [-0.05, 0) is 50.5 Å². The van der Waals surface area contributed by atoms with E-state index in [1.807, 2.05) is 11.8 Å². The number of hydrogen-bond acceptors (Lipinski definition) is 2. The third-order valence-corrected chi connectivity index (χ3v) is 4.17. The lowest BCUT2D eigenvalue weighted by Crippen LogP contribution is -2.35. The lowest BCUT2D eigenvalue weighted by atomic mass is 10.2. The van der Waals surface area contributed by atoms with E-state index in [1.165, 1.54) is 25.7 Å². The third kappa shape index (κ3) is 3.27. The van der Waals surface area contributed by atoms with Gasteiger partial charge in [0.1, 0.15) is 0 Å². The predicted octanol–water partition coefficient (Wildman–Crippen LogP) is 3.31. The predicted molar refractivity (Wildman–Crippen MR) is 75.3 cm³/mol. The number of rotatable bonds is 5. The van der Waals surface area contributed by atoms with Gasteiger partial charge in [-0.25, -0.2) is 0 Å². The van der Waals surface area contributed by atoms with Crippen LogP contribution in [0.25, 0.3) is 0 Å². The van der Waals surface area contributed by atoms with Crippen LogP contribution in [0.1, 0.15) is 41.7 Å². The molecule has 0 bridgehead atoms. The van der Waals surface area contributed by atoms with E-state index in [4.69, 9.17) is 11.6 Å². The highest BCUT2D eigenvalue weighted by atomic mass is 35.5. The van der Waals surface area contributed by atoms with Gasteiger partial charge in [0, 0.05) is 25.0 Å². The van der Waals surface area contributed by atoms with Crippen molar-refractivity contribution >= 4 is 17.5 Å². The number of amides is 1. The molecule has 4 heteroatoms. The quantitative estimate of drug-likeness (QED) is 0.828. The normalized spacial score (nSPS) is 18.4. The molecule has 0 spiro atoms. The fourth-order valence-electron chi connectivity index (χ4n) is 2.32. The average Bonchev–Trinajstić information content (AvgIpc) is 3.22. The zero-order chi connectivity index (χ0) is 13.4. The van der Waals surface area contributed by atoms with Crippen LogP contribution in [0.2, 0.25) is 5.02 Å². The minimum absolute atomic E-state index is 0.0521. The van der Waals surface area contributed by atoms with Crippen molar-refractivity contribution in [3.05, 3.63) is 28.5 Å². The molecule has 0 aromatic carbocycles. The Kier molecular flexibility index (Phi) is 3.48. The van der Waals surface area contributed by atoms with E-state index in [2.05, 4.69) is 4.98 Å². The van der Waals surface area contributed by atoms with E-state index >= 15 is 0 Å². The molecular weight excluding hydrogens is 260 g/mol. The van der Waals surface area contributed by atoms with Crippen LogP contribution in [0.15, 0.2) is 12.3 Å². The number of pyridine rings is 1. The van der Waals surface area contributed by atoms with Crippen molar-refractivity contribution in [1.82, 2.24) is 9.88 Å². The molecule has 0 atom stereocenters. The van der Waals surface area contributed by atoms with Crippen LogP contribution in [0.5, 0.6) is 0 Å². The zero-order valence-corrected chi connectivity index (χ0v) is 12.0. The van der Waals surface area contributed by atoms with Crippen molar-refractivity contribution in [2.24, 2.45) is 11.8 Å². The van der Waals surface area contributed by atoms with Gasteiger partial charge in [-0.1, -0.05) is 11.6 Å². The third-order valence-electron chi connectivity index (χ3n) is 3.86. The first-order valence-electron chi connectivity index (χ1n) is 7.05. The molecule has 1 amide bonds. The fourth-order valence-corrected chi connectivity index (χ4v) is 2.61. The highest BCUT2D eigenvalue weighted by Crippen LogP contribution is 2.34. The van der Waals surface area contributed by atoms with E-state index in [0.717, 1.165) is 18.8 Å². The van der Waals surface area contributed by atoms with Crippen LogP contribution < -0.4 is 0 Å². The molecule has 1 heterocycles. The molecule has 2 fully saturated rings. The van der Waals surface area contributed by atoms with Crippen LogP contribution in [0, 0.1) is 18.8 Å². The van der Waals surface area contributed by atoms with E-state index in [9.17, 15) is 4.79 Å². The molecule has 3 nitrogen and oxygen atoms in total. The van der Waals surface area contributed by atoms with Gasteiger partial charge in [-0.3, -0.25) is 9.78 Å². The monoisotopic (exact) mass is 278 g/mol. The SMILES string of the molecule is Cc1cc(Cl)c(C(=O)N(CC2CC2)CC2CC2)cn1. The molecule has 2 saturated carbocycles. The maximum absolute atomic E-state index is 12.6. The molecule has 2 aliphatic carbocycles. The lowest BCUT2D eigenvalue weighted by Gasteiger charge is -2.23. The Morgan fingerprint density at radius 2 is 1.89 bits per heavy atom. The second-order valence-electron chi connectivity index (χ2n) is 5.90. The van der Waals surface area contributed by atoms with Crippen molar-refractivity contribution in [3.63, 3.8) is 0 Å². The molecule has 19 heavy (non-hydrogen) atoms. The Labute approximate surface area is 119 Å². The minimum atomic E-state index is 0.0521. The van der Waals surface area contributed by atoms with Gasteiger partial charge in [0.25, 0.3) is 5.91 Å². The number of carbonyl (C=O) groups is 1. The number of carbonyl (C=O) groups excluding carboxylic acids is 1. The second-order valence-corrected chi connectivity index (χ2v) is 6.31. The molecule has 3 rings (SSSR count). The largest absolute Gasteiger partial charge is 0.338 e. The van der Waals surface area contributed by atoms with Crippen LogP contribution in [0.4, 0.5) is 0 Å². The molecule has 1 aromatic rings. The first-order chi connectivity index (χ1) is 9.13. The summed E-state index contributed by atoms with van der Waals surface area (Å²) in [7, 11) is 0. The van der Waals surface area contributed by atoms with E-state index in [1.54, 1.807) is 12.3 Å². The average molecular weight is 279 g/mol. The first-order valence-corrected chi connectivity index (χ1v) is 7.42. The number of nitrogens with zero attached hydrogens (tertiary/aromatic N) is 2. The number of aryl methyl sites for hydroxylation is 1. The van der Waals surface area contributed by atoms with Gasteiger partial charge < -0.3 is 4.90 Å². The lowest BCUT2D eigenvalue weighted by molar-refractivity contribution is 0.0739. The van der Waals surface area contributed by atoms with Gasteiger partial charge >= 0.3 is 0 Å². The van der Waals surface area contributed by atoms with Crippen molar-refractivity contribution in [2.75, 3.05) is 13.1 Å². The maximum Gasteiger partial charge on any atom is 0.256 e. The molecular formula is C15H19ClN2O. The van der Waals surface area contributed by atoms with Gasteiger partial charge in [0.2, 0.25) is 0 Å². The van der Waals surface area contributed by atoms with Gasteiger partial charge in [0.05, 0.1) is 10.6 Å². The molecule has 2 aliphatic rings. The first kappa shape index (κ1) is 12.9. The summed E-state index contributed by atoms with van der Waals surface area (Å²) in [5.41, 5.74) is 1.39. The van der Waals surface area contributed by atoms with Crippen LogP contribution in [-0.2, 0) is 0 Å². The minimum Gasteiger partial charge on any atom is -0.338 e. The molecule has 0 unspecified atom stereocenters. The summed E-state index contributed by atoms with van der Waals surface area (Å²) < 4.78 is 0. The summed E-state index contributed by atoms with van der Waals surface area (Å²) in [6.07, 6.45) is 6.65. The zero-order valence-electron chi connectivity index (χ0n) is 11.2. The summed E-state index contributed by atoms with van der Waals surface area (Å²) >= 11 is 6.19. The summed E-state index contributed by atoms with van der Waals surface area (Å²) in [5, 5.41) is 0.522. The topological polar surface area (TPSA) is 33.2 Å². The van der Waals surface area contributed by atoms with Crippen molar-refractivity contribution in [2.45, 2.75) is 32.6 Å². The highest BCUT2D eigenvalue weighted by molar-refractivity contribution is 6.33. The highest BCUT2D eigenvalue weighted by Gasteiger charge is 2.32. The molecule has 0 saturated heterocycles. The van der Waals surface area contributed by atoms with Gasteiger partial charge in [0.15, 0.2) is 0 Å². The van der Waals surface area contributed by atoms with Gasteiger partial charge in [-0.2, -0.15) is 0 Å². The molecule has 102 valence electrons. The summed E-state index contributed by atoms with van der Waals surface area (Å²) in [6, 6.07) is 1.77. The van der Waals surface area contributed by atoms with Crippen molar-refractivity contribution < 1.29 is 4.79 Å². The fraction of sp³-hybridized carbons (Fsp3) is 0.600. The number of hydrogen-bond donors (Lipinski definition) is 0. The molecule has 1 aromatic heterocycles. The maximum atomic E-state index is 12.6. The van der Waals surface area contributed by atoms with Crippen molar-refractivity contribution in [3.8, 4) is 0 Å². The van der Waals surface area contributed by atoms with E-state index < -0.39 is 0 Å². The smallest absolute Gasteiger partial charge is 0.256 e. The summed E-state index contributed by atoms with van der Waals surface area (Å²) in [5.74, 6) is 1.47. The van der Waals surface area contributed by atoms with Gasteiger partial charge in [-0.15, -0.1) is 0 Å². The number of aromatic nitrogens is 1. The van der Waals surface area contributed by atoms with Crippen LogP contribution >= 0.6 is 11.6 Å².